The van der Waals surface area contributed by atoms with E-state index in [9.17, 15) is 18.0 Å². The summed E-state index contributed by atoms with van der Waals surface area (Å²) in [5.41, 5.74) is 0.634. The number of benzene rings is 2. The standard InChI is InChI=1S/C14H10F3NO2/c15-14(16,17)20-12-8-4-7-11(9-12)18-13(19)10-5-2-1-3-6-10/h1-9H,(H,18,19). The molecule has 0 aliphatic heterocycles. The molecular weight excluding hydrogens is 271 g/mol. The lowest BCUT2D eigenvalue weighted by Gasteiger charge is -2.10. The van der Waals surface area contributed by atoms with Crippen LogP contribution in [0.4, 0.5) is 18.9 Å². The number of hydrogen-bond acceptors (Lipinski definition) is 2. The lowest BCUT2D eigenvalue weighted by Crippen LogP contribution is -2.17. The maximum absolute atomic E-state index is 12.1. The third-order valence-corrected chi connectivity index (χ3v) is 2.36. The number of carbonyl (C=O) groups is 1. The number of amides is 1. The van der Waals surface area contributed by atoms with E-state index < -0.39 is 12.3 Å². The van der Waals surface area contributed by atoms with Gasteiger partial charge < -0.3 is 10.1 Å². The molecule has 0 saturated carbocycles. The first kappa shape index (κ1) is 13.9. The van der Waals surface area contributed by atoms with Crippen LogP contribution in [0.15, 0.2) is 54.6 Å². The van der Waals surface area contributed by atoms with Crippen LogP contribution in [0.2, 0.25) is 0 Å². The van der Waals surface area contributed by atoms with Crippen LogP contribution in [-0.2, 0) is 0 Å². The van der Waals surface area contributed by atoms with Crippen molar-refractivity contribution in [3.05, 3.63) is 60.2 Å². The summed E-state index contributed by atoms with van der Waals surface area (Å²) >= 11 is 0. The zero-order valence-corrected chi connectivity index (χ0v) is 10.1. The van der Waals surface area contributed by atoms with Crippen LogP contribution >= 0.6 is 0 Å². The summed E-state index contributed by atoms with van der Waals surface area (Å²) in [6, 6.07) is 13.5. The van der Waals surface area contributed by atoms with Gasteiger partial charge in [-0.15, -0.1) is 13.2 Å². The molecule has 0 aliphatic carbocycles. The van der Waals surface area contributed by atoms with Crippen LogP contribution in [0.25, 0.3) is 0 Å². The molecule has 0 bridgehead atoms. The summed E-state index contributed by atoms with van der Waals surface area (Å²) < 4.78 is 40.1. The van der Waals surface area contributed by atoms with Crippen LogP contribution in [-0.4, -0.2) is 12.3 Å². The maximum Gasteiger partial charge on any atom is 0.573 e. The average molecular weight is 281 g/mol. The third kappa shape index (κ3) is 4.01. The van der Waals surface area contributed by atoms with Gasteiger partial charge in [0, 0.05) is 17.3 Å². The minimum absolute atomic E-state index is 0.223. The molecule has 1 amide bonds. The summed E-state index contributed by atoms with van der Waals surface area (Å²) in [6.07, 6.45) is -4.76. The molecule has 6 heteroatoms. The highest BCUT2D eigenvalue weighted by Crippen LogP contribution is 2.25. The molecule has 0 aromatic heterocycles. The zero-order valence-electron chi connectivity index (χ0n) is 10.1. The summed E-state index contributed by atoms with van der Waals surface area (Å²) in [4.78, 5) is 11.8. The van der Waals surface area contributed by atoms with Crippen LogP contribution in [0.1, 0.15) is 10.4 Å². The lowest BCUT2D eigenvalue weighted by molar-refractivity contribution is -0.274. The normalized spacial score (nSPS) is 10.9. The van der Waals surface area contributed by atoms with Crippen molar-refractivity contribution in [1.29, 1.82) is 0 Å². The molecule has 0 atom stereocenters. The summed E-state index contributed by atoms with van der Waals surface area (Å²) in [5.74, 6) is -0.793. The summed E-state index contributed by atoms with van der Waals surface area (Å²) in [7, 11) is 0. The van der Waals surface area contributed by atoms with E-state index in [1.807, 2.05) is 0 Å². The number of anilines is 1. The molecule has 104 valence electrons. The second-order valence-corrected chi connectivity index (χ2v) is 3.90. The molecule has 1 N–H and O–H groups in total. The van der Waals surface area contributed by atoms with Crippen molar-refractivity contribution in [2.45, 2.75) is 6.36 Å². The van der Waals surface area contributed by atoms with E-state index in [0.29, 0.717) is 5.56 Å². The lowest BCUT2D eigenvalue weighted by atomic mass is 10.2. The number of nitrogens with one attached hydrogen (secondary N) is 1. The SMILES string of the molecule is O=C(Nc1cccc(OC(F)(F)F)c1)c1ccccc1. The average Bonchev–Trinajstić information content (AvgIpc) is 2.38. The highest BCUT2D eigenvalue weighted by atomic mass is 19.4. The van der Waals surface area contributed by atoms with Gasteiger partial charge in [0.25, 0.3) is 5.91 Å². The van der Waals surface area contributed by atoms with Crippen molar-refractivity contribution in [3.63, 3.8) is 0 Å². The van der Waals surface area contributed by atoms with Gasteiger partial charge >= 0.3 is 6.36 Å². The Kier molecular flexibility index (Phi) is 3.93. The molecule has 0 saturated heterocycles. The number of alkyl halides is 3. The molecule has 2 aromatic rings. The van der Waals surface area contributed by atoms with E-state index in [1.165, 1.54) is 12.1 Å². The van der Waals surface area contributed by atoms with Crippen molar-refractivity contribution in [1.82, 2.24) is 0 Å². The molecule has 2 rings (SSSR count). The van der Waals surface area contributed by atoms with Gasteiger partial charge in [-0.3, -0.25) is 4.79 Å². The molecule has 3 nitrogen and oxygen atoms in total. The molecule has 0 fully saturated rings. The van der Waals surface area contributed by atoms with Crippen LogP contribution in [0.3, 0.4) is 0 Å². The van der Waals surface area contributed by atoms with Gasteiger partial charge in [-0.25, -0.2) is 0 Å². The van der Waals surface area contributed by atoms with E-state index in [2.05, 4.69) is 10.1 Å². The molecule has 0 unspecified atom stereocenters. The van der Waals surface area contributed by atoms with Gasteiger partial charge in [-0.1, -0.05) is 24.3 Å². The first-order valence-corrected chi connectivity index (χ1v) is 5.66. The Labute approximate surface area is 113 Å². The van der Waals surface area contributed by atoms with Crippen LogP contribution in [0, 0.1) is 0 Å². The van der Waals surface area contributed by atoms with Crippen LogP contribution in [0.5, 0.6) is 5.75 Å². The Morgan fingerprint density at radius 3 is 2.35 bits per heavy atom. The minimum Gasteiger partial charge on any atom is -0.406 e. The number of rotatable bonds is 3. The molecule has 0 radical (unpaired) electrons. The van der Waals surface area contributed by atoms with Crippen molar-refractivity contribution >= 4 is 11.6 Å². The summed E-state index contributed by atoms with van der Waals surface area (Å²) in [6.45, 7) is 0. The zero-order chi connectivity index (χ0) is 14.6. The Hall–Kier alpha value is -2.50. The Bertz CT molecular complexity index is 597. The Balaban J connectivity index is 2.10. The second-order valence-electron chi connectivity index (χ2n) is 3.90. The highest BCUT2D eigenvalue weighted by molar-refractivity contribution is 6.04. The second kappa shape index (κ2) is 5.64. The van der Waals surface area contributed by atoms with Gasteiger partial charge in [0.05, 0.1) is 0 Å². The van der Waals surface area contributed by atoms with E-state index in [1.54, 1.807) is 30.3 Å². The Morgan fingerprint density at radius 2 is 1.70 bits per heavy atom. The first-order chi connectivity index (χ1) is 9.44. The minimum atomic E-state index is -4.76. The molecule has 0 spiro atoms. The van der Waals surface area contributed by atoms with Crippen molar-refractivity contribution in [3.8, 4) is 5.75 Å². The maximum atomic E-state index is 12.1. The molecule has 20 heavy (non-hydrogen) atoms. The summed E-state index contributed by atoms with van der Waals surface area (Å²) in [5, 5.41) is 2.50. The smallest absolute Gasteiger partial charge is 0.406 e. The molecule has 0 heterocycles. The number of hydrogen-bond donors (Lipinski definition) is 1. The van der Waals surface area contributed by atoms with Crippen molar-refractivity contribution in [2.75, 3.05) is 5.32 Å². The molecular formula is C14H10F3NO2. The monoisotopic (exact) mass is 281 g/mol. The topological polar surface area (TPSA) is 38.3 Å². The third-order valence-electron chi connectivity index (χ3n) is 2.36. The predicted molar refractivity (Wildman–Crippen MR) is 67.5 cm³/mol. The van der Waals surface area contributed by atoms with Gasteiger partial charge in [0.1, 0.15) is 5.75 Å². The van der Waals surface area contributed by atoms with E-state index in [0.717, 1.165) is 12.1 Å². The quantitative estimate of drug-likeness (QED) is 0.928. The largest absolute Gasteiger partial charge is 0.573 e. The highest BCUT2D eigenvalue weighted by Gasteiger charge is 2.31. The van der Waals surface area contributed by atoms with Gasteiger partial charge in [0.15, 0.2) is 0 Å². The number of ether oxygens (including phenoxy) is 1. The van der Waals surface area contributed by atoms with E-state index in [4.69, 9.17) is 0 Å². The van der Waals surface area contributed by atoms with Gasteiger partial charge in [0.2, 0.25) is 0 Å². The first-order valence-electron chi connectivity index (χ1n) is 5.66. The van der Waals surface area contributed by atoms with Crippen LogP contribution < -0.4 is 10.1 Å². The van der Waals surface area contributed by atoms with E-state index in [-0.39, 0.29) is 11.4 Å². The molecule has 2 aromatic carbocycles. The van der Waals surface area contributed by atoms with Gasteiger partial charge in [-0.05, 0) is 24.3 Å². The molecule has 0 aliphatic rings. The predicted octanol–water partition coefficient (Wildman–Crippen LogP) is 3.84. The fourth-order valence-electron chi connectivity index (χ4n) is 1.56. The fourth-order valence-corrected chi connectivity index (χ4v) is 1.56. The number of halogens is 3. The van der Waals surface area contributed by atoms with Gasteiger partial charge in [-0.2, -0.15) is 0 Å². The van der Waals surface area contributed by atoms with Crippen molar-refractivity contribution < 1.29 is 22.7 Å². The fraction of sp³-hybridized carbons (Fsp3) is 0.0714. The number of carbonyl (C=O) groups excluding carboxylic acids is 1. The Morgan fingerprint density at radius 1 is 1.00 bits per heavy atom. The van der Waals surface area contributed by atoms with E-state index >= 15 is 0 Å². The van der Waals surface area contributed by atoms with Crippen molar-refractivity contribution in [2.24, 2.45) is 0 Å².